The van der Waals surface area contributed by atoms with Crippen molar-refractivity contribution in [2.45, 2.75) is 39.2 Å². The number of aryl methyl sites for hydroxylation is 2. The zero-order valence-electron chi connectivity index (χ0n) is 10.7. The largest absolute Gasteiger partial charge is 0.396 e. The van der Waals surface area contributed by atoms with Gasteiger partial charge in [0.05, 0.1) is 11.3 Å². The highest BCUT2D eigenvalue weighted by Gasteiger charge is 2.15. The first-order valence-electron chi connectivity index (χ1n) is 6.02. The quantitative estimate of drug-likeness (QED) is 0.774. The lowest BCUT2D eigenvalue weighted by Crippen LogP contribution is -2.33. The predicted molar refractivity (Wildman–Crippen MR) is 65.8 cm³/mol. The molecule has 0 aliphatic heterocycles. The summed E-state index contributed by atoms with van der Waals surface area (Å²) in [5.41, 5.74) is 1.46. The van der Waals surface area contributed by atoms with Gasteiger partial charge in [-0.15, -0.1) is 0 Å². The van der Waals surface area contributed by atoms with E-state index in [4.69, 9.17) is 5.11 Å². The Balaban J connectivity index is 2.62. The summed E-state index contributed by atoms with van der Waals surface area (Å²) in [7, 11) is 1.81. The van der Waals surface area contributed by atoms with E-state index in [0.29, 0.717) is 12.0 Å². The Labute approximate surface area is 102 Å². The maximum absolute atomic E-state index is 12.0. The molecule has 17 heavy (non-hydrogen) atoms. The van der Waals surface area contributed by atoms with Crippen LogP contribution in [0.4, 0.5) is 0 Å². The van der Waals surface area contributed by atoms with Crippen molar-refractivity contribution in [3.63, 3.8) is 0 Å². The molecule has 1 unspecified atom stereocenters. The molecule has 0 radical (unpaired) electrons. The number of hydrogen-bond donors (Lipinski definition) is 2. The van der Waals surface area contributed by atoms with Crippen LogP contribution in [0.5, 0.6) is 0 Å². The van der Waals surface area contributed by atoms with Gasteiger partial charge in [0.25, 0.3) is 5.91 Å². The van der Waals surface area contributed by atoms with Crippen LogP contribution in [0.2, 0.25) is 0 Å². The van der Waals surface area contributed by atoms with Gasteiger partial charge < -0.3 is 10.4 Å². The molecule has 96 valence electrons. The molecule has 0 aliphatic rings. The van der Waals surface area contributed by atoms with Gasteiger partial charge in [-0.3, -0.25) is 9.48 Å². The summed E-state index contributed by atoms with van der Waals surface area (Å²) in [6.45, 7) is 4.08. The van der Waals surface area contributed by atoms with Gasteiger partial charge in [-0.2, -0.15) is 5.10 Å². The standard InChI is InChI=1S/C12H21N3O2/c1-4-11-10(8-15(3)14-11)12(17)13-9(2)6-5-7-16/h8-9,16H,4-7H2,1-3H3,(H,13,17). The van der Waals surface area contributed by atoms with E-state index in [2.05, 4.69) is 10.4 Å². The van der Waals surface area contributed by atoms with Crippen LogP contribution < -0.4 is 5.32 Å². The molecule has 1 rings (SSSR count). The van der Waals surface area contributed by atoms with Crippen LogP contribution in [-0.4, -0.2) is 33.4 Å². The molecule has 0 bridgehead atoms. The molecule has 1 aromatic rings. The van der Waals surface area contributed by atoms with E-state index in [1.807, 2.05) is 20.9 Å². The van der Waals surface area contributed by atoms with E-state index in [-0.39, 0.29) is 18.6 Å². The van der Waals surface area contributed by atoms with Crippen molar-refractivity contribution in [3.05, 3.63) is 17.5 Å². The fourth-order valence-corrected chi connectivity index (χ4v) is 1.76. The van der Waals surface area contributed by atoms with Gasteiger partial charge in [0.2, 0.25) is 0 Å². The molecule has 1 amide bonds. The lowest BCUT2D eigenvalue weighted by molar-refractivity contribution is 0.0935. The molecule has 0 saturated carbocycles. The fourth-order valence-electron chi connectivity index (χ4n) is 1.76. The molecule has 5 nitrogen and oxygen atoms in total. The Bertz CT molecular complexity index is 374. The molecule has 1 heterocycles. The topological polar surface area (TPSA) is 67.2 Å². The first kappa shape index (κ1) is 13.7. The smallest absolute Gasteiger partial charge is 0.254 e. The van der Waals surface area contributed by atoms with Gasteiger partial charge in [-0.25, -0.2) is 0 Å². The number of carbonyl (C=O) groups excluding carboxylic acids is 1. The summed E-state index contributed by atoms with van der Waals surface area (Å²) in [5.74, 6) is -0.0830. The van der Waals surface area contributed by atoms with Crippen molar-refractivity contribution in [2.75, 3.05) is 6.61 Å². The first-order chi connectivity index (χ1) is 8.08. The zero-order valence-corrected chi connectivity index (χ0v) is 10.7. The molecule has 0 aromatic carbocycles. The molecule has 1 atom stereocenters. The zero-order chi connectivity index (χ0) is 12.8. The van der Waals surface area contributed by atoms with Crippen LogP contribution in [-0.2, 0) is 13.5 Å². The SMILES string of the molecule is CCc1nn(C)cc1C(=O)NC(C)CCCO. The second kappa shape index (κ2) is 6.39. The highest BCUT2D eigenvalue weighted by molar-refractivity contribution is 5.95. The summed E-state index contributed by atoms with van der Waals surface area (Å²) in [5, 5.41) is 15.9. The summed E-state index contributed by atoms with van der Waals surface area (Å²) in [6.07, 6.45) is 3.97. The Morgan fingerprint density at radius 3 is 2.94 bits per heavy atom. The van der Waals surface area contributed by atoms with E-state index in [9.17, 15) is 4.79 Å². The van der Waals surface area contributed by atoms with E-state index in [1.165, 1.54) is 0 Å². The molecular formula is C12H21N3O2. The molecule has 0 aliphatic carbocycles. The average Bonchev–Trinajstić information content (AvgIpc) is 2.67. The van der Waals surface area contributed by atoms with Crippen molar-refractivity contribution in [1.29, 1.82) is 0 Å². The van der Waals surface area contributed by atoms with E-state index < -0.39 is 0 Å². The number of nitrogens with one attached hydrogen (secondary N) is 1. The molecule has 0 spiro atoms. The van der Waals surface area contributed by atoms with Crippen LogP contribution in [0.1, 0.15) is 42.7 Å². The van der Waals surface area contributed by atoms with Gasteiger partial charge in [-0.1, -0.05) is 6.92 Å². The third kappa shape index (κ3) is 3.85. The summed E-state index contributed by atoms with van der Waals surface area (Å²) >= 11 is 0. The third-order valence-electron chi connectivity index (χ3n) is 2.66. The highest BCUT2D eigenvalue weighted by atomic mass is 16.3. The minimum atomic E-state index is -0.0830. The van der Waals surface area contributed by atoms with E-state index >= 15 is 0 Å². The predicted octanol–water partition coefficient (Wildman–Crippen LogP) is 0.873. The second-order valence-corrected chi connectivity index (χ2v) is 4.26. The summed E-state index contributed by atoms with van der Waals surface area (Å²) in [6, 6.07) is 0.0690. The molecule has 0 saturated heterocycles. The minimum absolute atomic E-state index is 0.0690. The van der Waals surface area contributed by atoms with Crippen LogP contribution in [0.3, 0.4) is 0 Å². The Morgan fingerprint density at radius 2 is 2.35 bits per heavy atom. The molecular weight excluding hydrogens is 218 g/mol. The Hall–Kier alpha value is -1.36. The number of amides is 1. The highest BCUT2D eigenvalue weighted by Crippen LogP contribution is 2.08. The Kier molecular flexibility index (Phi) is 5.15. The van der Waals surface area contributed by atoms with Crippen LogP contribution >= 0.6 is 0 Å². The third-order valence-corrected chi connectivity index (χ3v) is 2.66. The van der Waals surface area contributed by atoms with Crippen molar-refractivity contribution in [2.24, 2.45) is 7.05 Å². The Morgan fingerprint density at radius 1 is 1.65 bits per heavy atom. The number of hydrogen-bond acceptors (Lipinski definition) is 3. The van der Waals surface area contributed by atoms with Gasteiger partial charge in [0, 0.05) is 25.9 Å². The van der Waals surface area contributed by atoms with Crippen molar-refractivity contribution >= 4 is 5.91 Å². The number of aliphatic hydroxyl groups excluding tert-OH is 1. The van der Waals surface area contributed by atoms with Crippen LogP contribution in [0.25, 0.3) is 0 Å². The number of aromatic nitrogens is 2. The molecule has 5 heteroatoms. The van der Waals surface area contributed by atoms with Crippen molar-refractivity contribution in [3.8, 4) is 0 Å². The van der Waals surface area contributed by atoms with Gasteiger partial charge in [0.15, 0.2) is 0 Å². The molecule has 2 N–H and O–H groups in total. The number of carbonyl (C=O) groups is 1. The van der Waals surface area contributed by atoms with Crippen LogP contribution in [0.15, 0.2) is 6.20 Å². The fraction of sp³-hybridized carbons (Fsp3) is 0.667. The van der Waals surface area contributed by atoms with Crippen molar-refractivity contribution in [1.82, 2.24) is 15.1 Å². The number of rotatable bonds is 6. The summed E-state index contributed by atoms with van der Waals surface area (Å²) in [4.78, 5) is 12.0. The van der Waals surface area contributed by atoms with Gasteiger partial charge >= 0.3 is 0 Å². The maximum atomic E-state index is 12.0. The lowest BCUT2D eigenvalue weighted by Gasteiger charge is -2.12. The van der Waals surface area contributed by atoms with Gasteiger partial charge in [-0.05, 0) is 26.2 Å². The van der Waals surface area contributed by atoms with E-state index in [0.717, 1.165) is 18.5 Å². The number of aliphatic hydroxyl groups is 1. The monoisotopic (exact) mass is 239 g/mol. The lowest BCUT2D eigenvalue weighted by atomic mass is 10.1. The van der Waals surface area contributed by atoms with Crippen LogP contribution in [0, 0.1) is 0 Å². The average molecular weight is 239 g/mol. The maximum Gasteiger partial charge on any atom is 0.254 e. The molecule has 1 aromatic heterocycles. The minimum Gasteiger partial charge on any atom is -0.396 e. The van der Waals surface area contributed by atoms with E-state index in [1.54, 1.807) is 10.9 Å². The number of nitrogens with zero attached hydrogens (tertiary/aromatic N) is 2. The van der Waals surface area contributed by atoms with Gasteiger partial charge in [0.1, 0.15) is 0 Å². The normalized spacial score (nSPS) is 12.5. The second-order valence-electron chi connectivity index (χ2n) is 4.26. The molecule has 0 fully saturated rings. The summed E-state index contributed by atoms with van der Waals surface area (Å²) < 4.78 is 1.66. The first-order valence-corrected chi connectivity index (χ1v) is 6.02. The van der Waals surface area contributed by atoms with Crippen molar-refractivity contribution < 1.29 is 9.90 Å².